The first kappa shape index (κ1) is 13.1. The van der Waals surface area contributed by atoms with Gasteiger partial charge in [0.2, 0.25) is 0 Å². The number of nitrogens with one attached hydrogen (secondary N) is 1. The number of benzene rings is 2. The molecule has 5 heteroatoms. The number of alkyl halides is 3. The molecule has 0 radical (unpaired) electrons. The van der Waals surface area contributed by atoms with Crippen molar-refractivity contribution in [2.75, 3.05) is 0 Å². The fourth-order valence-electron chi connectivity index (χ4n) is 2.30. The number of hydrogen-bond acceptors (Lipinski definition) is 0. The fourth-order valence-corrected chi connectivity index (χ4v) is 2.53. The molecule has 3 rings (SSSR count). The maximum absolute atomic E-state index is 13.4. The van der Waals surface area contributed by atoms with E-state index in [1.165, 1.54) is 6.07 Å². The highest BCUT2D eigenvalue weighted by atomic mass is 35.5. The van der Waals surface area contributed by atoms with Gasteiger partial charge >= 0.3 is 6.18 Å². The Hall–Kier alpha value is -1.94. The van der Waals surface area contributed by atoms with Crippen molar-refractivity contribution >= 4 is 22.5 Å². The first-order chi connectivity index (χ1) is 9.48. The largest absolute Gasteiger partial charge is 0.419 e. The Morgan fingerprint density at radius 2 is 1.55 bits per heavy atom. The van der Waals surface area contributed by atoms with E-state index >= 15 is 0 Å². The van der Waals surface area contributed by atoms with Crippen molar-refractivity contribution in [3.63, 3.8) is 0 Å². The summed E-state index contributed by atoms with van der Waals surface area (Å²) in [5, 5.41) is 0.430. The van der Waals surface area contributed by atoms with Gasteiger partial charge in [0.1, 0.15) is 0 Å². The lowest BCUT2D eigenvalue weighted by Gasteiger charge is -2.10. The zero-order chi connectivity index (χ0) is 14.3. The summed E-state index contributed by atoms with van der Waals surface area (Å²) in [4.78, 5) is 2.82. The van der Waals surface area contributed by atoms with Crippen LogP contribution in [0.4, 0.5) is 13.2 Å². The lowest BCUT2D eigenvalue weighted by atomic mass is 10.0. The van der Waals surface area contributed by atoms with Crippen molar-refractivity contribution < 1.29 is 13.2 Å². The maximum Gasteiger partial charge on any atom is 0.419 e. The third kappa shape index (κ3) is 2.06. The van der Waals surface area contributed by atoms with E-state index in [9.17, 15) is 13.2 Å². The van der Waals surface area contributed by atoms with E-state index in [0.29, 0.717) is 11.1 Å². The van der Waals surface area contributed by atoms with Crippen LogP contribution in [0.3, 0.4) is 0 Å². The van der Waals surface area contributed by atoms with E-state index in [4.69, 9.17) is 11.6 Å². The summed E-state index contributed by atoms with van der Waals surface area (Å²) in [6.45, 7) is 0. The van der Waals surface area contributed by atoms with E-state index < -0.39 is 11.7 Å². The summed E-state index contributed by atoms with van der Waals surface area (Å²) in [5.74, 6) is 0. The second kappa shape index (κ2) is 4.56. The SMILES string of the molecule is FC(F)(F)c1c(-c2ccccc2Cl)[nH]c2ccccc12. The van der Waals surface area contributed by atoms with Gasteiger partial charge < -0.3 is 4.98 Å². The molecule has 3 aromatic rings. The number of rotatable bonds is 1. The van der Waals surface area contributed by atoms with Gasteiger partial charge in [0.05, 0.1) is 11.3 Å². The normalized spacial score (nSPS) is 12.0. The molecule has 0 spiro atoms. The minimum Gasteiger partial charge on any atom is -0.354 e. The molecule has 2 aromatic carbocycles. The Labute approximate surface area is 118 Å². The van der Waals surface area contributed by atoms with Crippen LogP contribution in [0.5, 0.6) is 0 Å². The van der Waals surface area contributed by atoms with Gasteiger partial charge in [0.15, 0.2) is 0 Å². The van der Waals surface area contributed by atoms with Gasteiger partial charge in [-0.15, -0.1) is 0 Å². The maximum atomic E-state index is 13.4. The number of para-hydroxylation sites is 1. The molecule has 0 aliphatic heterocycles. The van der Waals surface area contributed by atoms with Crippen LogP contribution in [0.25, 0.3) is 22.2 Å². The van der Waals surface area contributed by atoms with E-state index in [1.54, 1.807) is 42.5 Å². The molecule has 20 heavy (non-hydrogen) atoms. The monoisotopic (exact) mass is 295 g/mol. The number of hydrogen-bond donors (Lipinski definition) is 1. The standard InChI is InChI=1S/C15H9ClF3N/c16-11-7-3-1-5-9(11)14-13(15(17,18)19)10-6-2-4-8-12(10)20-14/h1-8,20H. The lowest BCUT2D eigenvalue weighted by Crippen LogP contribution is -2.06. The van der Waals surface area contributed by atoms with Gasteiger partial charge in [-0.2, -0.15) is 13.2 Å². The summed E-state index contributed by atoms with van der Waals surface area (Å²) in [5.41, 5.74) is 0.109. The second-order valence-corrected chi connectivity index (χ2v) is 4.81. The van der Waals surface area contributed by atoms with Gasteiger partial charge in [0, 0.05) is 21.5 Å². The summed E-state index contributed by atoms with van der Waals surface area (Å²) < 4.78 is 40.1. The second-order valence-electron chi connectivity index (χ2n) is 4.40. The average Bonchev–Trinajstić information content (AvgIpc) is 2.78. The van der Waals surface area contributed by atoms with E-state index in [-0.39, 0.29) is 16.1 Å². The first-order valence-electron chi connectivity index (χ1n) is 5.91. The highest BCUT2D eigenvalue weighted by Crippen LogP contribution is 2.43. The molecule has 0 fully saturated rings. The van der Waals surface area contributed by atoms with E-state index in [2.05, 4.69) is 4.98 Å². The number of aromatic nitrogens is 1. The average molecular weight is 296 g/mol. The van der Waals surface area contributed by atoms with Crippen LogP contribution in [-0.2, 0) is 6.18 Å². The fraction of sp³-hybridized carbons (Fsp3) is 0.0667. The van der Waals surface area contributed by atoms with Crippen molar-refractivity contribution in [3.8, 4) is 11.3 Å². The Balaban J connectivity index is 2.39. The van der Waals surface area contributed by atoms with Gasteiger partial charge in [-0.25, -0.2) is 0 Å². The molecule has 0 aliphatic carbocycles. The van der Waals surface area contributed by atoms with Crippen LogP contribution in [0.2, 0.25) is 5.02 Å². The Bertz CT molecular complexity index is 774. The zero-order valence-corrected chi connectivity index (χ0v) is 10.9. The highest BCUT2D eigenvalue weighted by molar-refractivity contribution is 6.33. The Kier molecular flexibility index (Phi) is 2.98. The minimum absolute atomic E-state index is 0.00398. The predicted molar refractivity (Wildman–Crippen MR) is 73.7 cm³/mol. The highest BCUT2D eigenvalue weighted by Gasteiger charge is 2.37. The first-order valence-corrected chi connectivity index (χ1v) is 6.29. The molecule has 0 saturated heterocycles. The van der Waals surface area contributed by atoms with Crippen LogP contribution in [0.15, 0.2) is 48.5 Å². The van der Waals surface area contributed by atoms with E-state index in [0.717, 1.165) is 0 Å². The molecule has 0 unspecified atom stereocenters. The summed E-state index contributed by atoms with van der Waals surface area (Å²) in [6, 6.07) is 12.8. The molecular weight excluding hydrogens is 287 g/mol. The number of H-pyrrole nitrogens is 1. The van der Waals surface area contributed by atoms with Gasteiger partial charge in [-0.3, -0.25) is 0 Å². The van der Waals surface area contributed by atoms with Crippen LogP contribution in [0.1, 0.15) is 5.56 Å². The van der Waals surface area contributed by atoms with Crippen molar-refractivity contribution in [1.29, 1.82) is 0 Å². The molecule has 0 atom stereocenters. The smallest absolute Gasteiger partial charge is 0.354 e. The molecule has 0 saturated carbocycles. The molecule has 0 amide bonds. The molecule has 0 aliphatic rings. The molecule has 1 N–H and O–H groups in total. The molecule has 1 aromatic heterocycles. The molecule has 0 bridgehead atoms. The van der Waals surface area contributed by atoms with Crippen molar-refractivity contribution in [1.82, 2.24) is 4.98 Å². The van der Waals surface area contributed by atoms with Crippen LogP contribution in [0, 0.1) is 0 Å². The summed E-state index contributed by atoms with van der Waals surface area (Å²) >= 11 is 6.02. The predicted octanol–water partition coefficient (Wildman–Crippen LogP) is 5.51. The number of aromatic amines is 1. The lowest BCUT2D eigenvalue weighted by molar-refractivity contribution is -0.135. The zero-order valence-electron chi connectivity index (χ0n) is 10.1. The number of fused-ring (bicyclic) bond motifs is 1. The van der Waals surface area contributed by atoms with Gasteiger partial charge in [-0.05, 0) is 12.1 Å². The Morgan fingerprint density at radius 1 is 0.900 bits per heavy atom. The third-order valence-corrected chi connectivity index (χ3v) is 3.46. The van der Waals surface area contributed by atoms with Crippen molar-refractivity contribution in [2.45, 2.75) is 6.18 Å². The van der Waals surface area contributed by atoms with Crippen molar-refractivity contribution in [3.05, 3.63) is 59.1 Å². The quantitative estimate of drug-likeness (QED) is 0.609. The van der Waals surface area contributed by atoms with Gasteiger partial charge in [0.25, 0.3) is 0 Å². The molecular formula is C15H9ClF3N. The van der Waals surface area contributed by atoms with Crippen LogP contribution < -0.4 is 0 Å². The Morgan fingerprint density at radius 3 is 2.25 bits per heavy atom. The van der Waals surface area contributed by atoms with Crippen LogP contribution >= 0.6 is 11.6 Å². The molecule has 102 valence electrons. The van der Waals surface area contributed by atoms with Crippen LogP contribution in [-0.4, -0.2) is 4.98 Å². The number of halogens is 4. The third-order valence-electron chi connectivity index (χ3n) is 3.13. The molecule has 1 nitrogen and oxygen atoms in total. The summed E-state index contributed by atoms with van der Waals surface area (Å²) in [6.07, 6.45) is -4.45. The molecule has 1 heterocycles. The minimum atomic E-state index is -4.45. The topological polar surface area (TPSA) is 15.8 Å². The van der Waals surface area contributed by atoms with E-state index in [1.807, 2.05) is 0 Å². The van der Waals surface area contributed by atoms with Crippen molar-refractivity contribution in [2.24, 2.45) is 0 Å². The van der Waals surface area contributed by atoms with Gasteiger partial charge in [-0.1, -0.05) is 48.0 Å². The summed E-state index contributed by atoms with van der Waals surface area (Å²) in [7, 11) is 0.